The standard InChI is InChI=1S/C11H20O2/c1-4-5-6-10(2)9-11(3)12-7-8-13-11/h6H,4-5,7-9H2,1-3H3. The zero-order valence-electron chi connectivity index (χ0n) is 8.93. The molecule has 1 aliphatic heterocycles. The van der Waals surface area contributed by atoms with Gasteiger partial charge in [0.05, 0.1) is 13.2 Å². The molecule has 2 nitrogen and oxygen atoms in total. The van der Waals surface area contributed by atoms with Crippen LogP contribution < -0.4 is 0 Å². The Morgan fingerprint density at radius 2 is 2.00 bits per heavy atom. The minimum absolute atomic E-state index is 0.353. The van der Waals surface area contributed by atoms with Crippen molar-refractivity contribution in [2.75, 3.05) is 13.2 Å². The predicted octanol–water partition coefficient (Wildman–Crippen LogP) is 2.89. The lowest BCUT2D eigenvalue weighted by Gasteiger charge is -2.22. The van der Waals surface area contributed by atoms with E-state index >= 15 is 0 Å². The Morgan fingerprint density at radius 3 is 2.54 bits per heavy atom. The van der Waals surface area contributed by atoms with Crippen molar-refractivity contribution in [1.82, 2.24) is 0 Å². The Labute approximate surface area is 80.9 Å². The van der Waals surface area contributed by atoms with Crippen LogP contribution in [-0.2, 0) is 9.47 Å². The fourth-order valence-corrected chi connectivity index (χ4v) is 1.63. The quantitative estimate of drug-likeness (QED) is 0.625. The number of allylic oxidation sites excluding steroid dienone is 1. The van der Waals surface area contributed by atoms with E-state index in [1.807, 2.05) is 6.92 Å². The van der Waals surface area contributed by atoms with Crippen LogP contribution in [0.25, 0.3) is 0 Å². The molecule has 1 fully saturated rings. The third kappa shape index (κ3) is 3.49. The van der Waals surface area contributed by atoms with Gasteiger partial charge in [-0.2, -0.15) is 0 Å². The van der Waals surface area contributed by atoms with Crippen LogP contribution in [0, 0.1) is 0 Å². The summed E-state index contributed by atoms with van der Waals surface area (Å²) in [4.78, 5) is 0. The number of unbranched alkanes of at least 4 members (excludes halogenated alkanes) is 1. The zero-order valence-corrected chi connectivity index (χ0v) is 8.93. The fraction of sp³-hybridized carbons (Fsp3) is 0.818. The number of rotatable bonds is 4. The highest BCUT2D eigenvalue weighted by molar-refractivity contribution is 5.01. The van der Waals surface area contributed by atoms with Crippen molar-refractivity contribution < 1.29 is 9.47 Å². The van der Waals surface area contributed by atoms with Gasteiger partial charge >= 0.3 is 0 Å². The van der Waals surface area contributed by atoms with E-state index in [2.05, 4.69) is 19.9 Å². The van der Waals surface area contributed by atoms with Crippen LogP contribution in [0.3, 0.4) is 0 Å². The van der Waals surface area contributed by atoms with Crippen LogP contribution >= 0.6 is 0 Å². The average molecular weight is 184 g/mol. The lowest BCUT2D eigenvalue weighted by Crippen LogP contribution is -2.25. The third-order valence-corrected chi connectivity index (χ3v) is 2.28. The first kappa shape index (κ1) is 10.7. The highest BCUT2D eigenvalue weighted by Gasteiger charge is 2.30. The van der Waals surface area contributed by atoms with E-state index in [9.17, 15) is 0 Å². The van der Waals surface area contributed by atoms with Crippen LogP contribution in [0.1, 0.15) is 40.0 Å². The summed E-state index contributed by atoms with van der Waals surface area (Å²) in [5, 5.41) is 0. The number of ether oxygens (including phenoxy) is 2. The Hall–Kier alpha value is -0.340. The normalized spacial score (nSPS) is 22.2. The molecule has 0 spiro atoms. The van der Waals surface area contributed by atoms with Gasteiger partial charge in [0, 0.05) is 6.42 Å². The van der Waals surface area contributed by atoms with Gasteiger partial charge in [-0.3, -0.25) is 0 Å². The highest BCUT2D eigenvalue weighted by Crippen LogP contribution is 2.26. The molecular weight excluding hydrogens is 164 g/mol. The minimum Gasteiger partial charge on any atom is -0.347 e. The summed E-state index contributed by atoms with van der Waals surface area (Å²) in [7, 11) is 0. The molecule has 0 bridgehead atoms. The van der Waals surface area contributed by atoms with Gasteiger partial charge in [0.2, 0.25) is 0 Å². The van der Waals surface area contributed by atoms with E-state index in [0.29, 0.717) is 0 Å². The van der Waals surface area contributed by atoms with E-state index in [1.165, 1.54) is 12.0 Å². The monoisotopic (exact) mass is 184 g/mol. The zero-order chi connectivity index (χ0) is 9.73. The molecule has 0 aromatic carbocycles. The van der Waals surface area contributed by atoms with Crippen molar-refractivity contribution in [3.63, 3.8) is 0 Å². The van der Waals surface area contributed by atoms with E-state index in [-0.39, 0.29) is 5.79 Å². The molecule has 0 amide bonds. The Kier molecular flexibility index (Phi) is 3.94. The van der Waals surface area contributed by atoms with Gasteiger partial charge in [-0.15, -0.1) is 0 Å². The van der Waals surface area contributed by atoms with Crippen molar-refractivity contribution in [2.24, 2.45) is 0 Å². The summed E-state index contributed by atoms with van der Waals surface area (Å²) in [6.45, 7) is 7.82. The Morgan fingerprint density at radius 1 is 1.38 bits per heavy atom. The summed E-state index contributed by atoms with van der Waals surface area (Å²) >= 11 is 0. The van der Waals surface area contributed by atoms with Crippen LogP contribution in [0.15, 0.2) is 11.6 Å². The second kappa shape index (κ2) is 4.77. The number of hydrogen-bond acceptors (Lipinski definition) is 2. The van der Waals surface area contributed by atoms with Crippen molar-refractivity contribution >= 4 is 0 Å². The summed E-state index contributed by atoms with van der Waals surface area (Å²) in [6.07, 6.45) is 5.53. The maximum Gasteiger partial charge on any atom is 0.169 e. The summed E-state index contributed by atoms with van der Waals surface area (Å²) in [6, 6.07) is 0. The van der Waals surface area contributed by atoms with Gasteiger partial charge in [0.1, 0.15) is 0 Å². The van der Waals surface area contributed by atoms with Crippen LogP contribution in [-0.4, -0.2) is 19.0 Å². The second-order valence-electron chi connectivity index (χ2n) is 3.85. The molecule has 1 heterocycles. The molecule has 0 radical (unpaired) electrons. The Balaban J connectivity index is 2.37. The summed E-state index contributed by atoms with van der Waals surface area (Å²) in [5.41, 5.74) is 1.37. The molecular formula is C11H20O2. The molecule has 1 aliphatic rings. The summed E-state index contributed by atoms with van der Waals surface area (Å²) in [5.74, 6) is -0.353. The molecule has 1 saturated heterocycles. The maximum atomic E-state index is 5.53. The molecule has 1 rings (SSSR count). The molecule has 76 valence electrons. The van der Waals surface area contributed by atoms with Gasteiger partial charge in [0.15, 0.2) is 5.79 Å². The maximum absolute atomic E-state index is 5.53. The SMILES string of the molecule is CCCC=C(C)CC1(C)OCCO1. The largest absolute Gasteiger partial charge is 0.347 e. The van der Waals surface area contributed by atoms with Crippen LogP contribution in [0.4, 0.5) is 0 Å². The number of hydrogen-bond donors (Lipinski definition) is 0. The molecule has 0 aliphatic carbocycles. The minimum atomic E-state index is -0.353. The third-order valence-electron chi connectivity index (χ3n) is 2.28. The van der Waals surface area contributed by atoms with Gasteiger partial charge in [0.25, 0.3) is 0 Å². The topological polar surface area (TPSA) is 18.5 Å². The predicted molar refractivity (Wildman–Crippen MR) is 53.6 cm³/mol. The first-order chi connectivity index (χ1) is 6.16. The van der Waals surface area contributed by atoms with E-state index in [0.717, 1.165) is 26.1 Å². The lowest BCUT2D eigenvalue weighted by molar-refractivity contribution is -0.140. The molecule has 0 aromatic rings. The van der Waals surface area contributed by atoms with E-state index in [1.54, 1.807) is 0 Å². The molecule has 0 saturated carbocycles. The fourth-order valence-electron chi connectivity index (χ4n) is 1.63. The second-order valence-corrected chi connectivity index (χ2v) is 3.85. The van der Waals surface area contributed by atoms with Crippen molar-refractivity contribution in [2.45, 2.75) is 45.8 Å². The molecule has 0 atom stereocenters. The smallest absolute Gasteiger partial charge is 0.169 e. The Bertz CT molecular complexity index is 179. The van der Waals surface area contributed by atoms with Gasteiger partial charge < -0.3 is 9.47 Å². The van der Waals surface area contributed by atoms with Crippen molar-refractivity contribution in [3.8, 4) is 0 Å². The molecule has 13 heavy (non-hydrogen) atoms. The molecule has 0 unspecified atom stereocenters. The van der Waals surface area contributed by atoms with Crippen molar-refractivity contribution in [3.05, 3.63) is 11.6 Å². The van der Waals surface area contributed by atoms with E-state index in [4.69, 9.17) is 9.47 Å². The van der Waals surface area contributed by atoms with Gasteiger partial charge in [-0.1, -0.05) is 25.0 Å². The average Bonchev–Trinajstić information content (AvgIpc) is 2.48. The van der Waals surface area contributed by atoms with E-state index < -0.39 is 0 Å². The van der Waals surface area contributed by atoms with Crippen molar-refractivity contribution in [1.29, 1.82) is 0 Å². The van der Waals surface area contributed by atoms with Crippen LogP contribution in [0.5, 0.6) is 0 Å². The van der Waals surface area contributed by atoms with Crippen LogP contribution in [0.2, 0.25) is 0 Å². The molecule has 2 heteroatoms. The summed E-state index contributed by atoms with van der Waals surface area (Å²) < 4.78 is 11.1. The lowest BCUT2D eigenvalue weighted by atomic mass is 10.1. The first-order valence-electron chi connectivity index (χ1n) is 5.10. The van der Waals surface area contributed by atoms with Gasteiger partial charge in [-0.25, -0.2) is 0 Å². The molecule has 0 aromatic heterocycles. The molecule has 0 N–H and O–H groups in total. The first-order valence-corrected chi connectivity index (χ1v) is 5.10. The van der Waals surface area contributed by atoms with Gasteiger partial charge in [-0.05, 0) is 20.3 Å². The highest BCUT2D eigenvalue weighted by atomic mass is 16.7.